The molecule has 0 aliphatic heterocycles. The predicted molar refractivity (Wildman–Crippen MR) is 112 cm³/mol. The minimum atomic E-state index is -0.684. The quantitative estimate of drug-likeness (QED) is 0.277. The maximum absolute atomic E-state index is 12.3. The Hall–Kier alpha value is -2.08. The summed E-state index contributed by atoms with van der Waals surface area (Å²) in [4.78, 5) is 23.8. The average Bonchev–Trinajstić information content (AvgIpc) is 2.70. The van der Waals surface area contributed by atoms with Crippen molar-refractivity contribution in [2.24, 2.45) is 0 Å². The zero-order chi connectivity index (χ0) is 21.6. The van der Waals surface area contributed by atoms with Crippen molar-refractivity contribution in [1.29, 1.82) is 0 Å². The molecule has 1 aromatic rings. The van der Waals surface area contributed by atoms with Crippen molar-refractivity contribution in [2.45, 2.75) is 84.3 Å². The van der Waals surface area contributed by atoms with Crippen LogP contribution in [0.1, 0.15) is 82.8 Å². The fourth-order valence-electron chi connectivity index (χ4n) is 3.32. The highest BCUT2D eigenvalue weighted by molar-refractivity contribution is 5.79. The van der Waals surface area contributed by atoms with Crippen molar-refractivity contribution < 1.29 is 28.9 Å². The second kappa shape index (κ2) is 14.0. The number of hydrogen-bond acceptors (Lipinski definition) is 6. The molecule has 6 nitrogen and oxygen atoms in total. The fraction of sp³-hybridized carbons (Fsp3) is 0.652. The monoisotopic (exact) mass is 408 g/mol. The Kier molecular flexibility index (Phi) is 12.0. The van der Waals surface area contributed by atoms with Crippen LogP contribution in [0.15, 0.2) is 18.2 Å². The maximum Gasteiger partial charge on any atom is 0.313 e. The first-order valence-electron chi connectivity index (χ1n) is 10.6. The van der Waals surface area contributed by atoms with E-state index in [2.05, 4.69) is 6.92 Å². The Bertz CT molecular complexity index is 628. The molecule has 164 valence electrons. The van der Waals surface area contributed by atoms with E-state index in [-0.39, 0.29) is 12.6 Å². The van der Waals surface area contributed by atoms with Crippen LogP contribution in [-0.4, -0.2) is 37.1 Å². The first-order valence-corrected chi connectivity index (χ1v) is 10.6. The largest absolute Gasteiger partial charge is 0.469 e. The third-order valence-electron chi connectivity index (χ3n) is 4.85. The van der Waals surface area contributed by atoms with E-state index in [1.807, 2.05) is 18.2 Å². The molecule has 0 heterocycles. The highest BCUT2D eigenvalue weighted by atomic mass is 16.7. The number of aliphatic hydroxyl groups excluding tert-OH is 1. The number of methoxy groups -OCH3 is 1. The minimum absolute atomic E-state index is 0.212. The molecular weight excluding hydrogens is 372 g/mol. The highest BCUT2D eigenvalue weighted by Gasteiger charge is 2.25. The third kappa shape index (κ3) is 8.86. The van der Waals surface area contributed by atoms with E-state index in [9.17, 15) is 9.59 Å². The minimum Gasteiger partial charge on any atom is -0.469 e. The van der Waals surface area contributed by atoms with Crippen molar-refractivity contribution in [3.05, 3.63) is 29.3 Å². The molecule has 0 saturated carbocycles. The van der Waals surface area contributed by atoms with E-state index in [0.717, 1.165) is 56.1 Å². The van der Waals surface area contributed by atoms with Gasteiger partial charge in [0.1, 0.15) is 5.75 Å². The molecule has 6 heteroatoms. The van der Waals surface area contributed by atoms with E-state index in [1.54, 1.807) is 6.92 Å². The number of aliphatic hydroxyl groups is 1. The van der Waals surface area contributed by atoms with Crippen molar-refractivity contribution in [3.63, 3.8) is 0 Å². The molecule has 2 unspecified atom stereocenters. The molecule has 0 amide bonds. The zero-order valence-electron chi connectivity index (χ0n) is 18.2. The van der Waals surface area contributed by atoms with Gasteiger partial charge in [0, 0.05) is 25.5 Å². The molecule has 0 bridgehead atoms. The van der Waals surface area contributed by atoms with Gasteiger partial charge in [-0.1, -0.05) is 38.3 Å². The third-order valence-corrected chi connectivity index (χ3v) is 4.85. The number of ether oxygens (including phenoxy) is 3. The molecule has 0 aliphatic carbocycles. The molecule has 0 saturated heterocycles. The first-order chi connectivity index (χ1) is 13.9. The molecule has 0 aromatic heterocycles. The normalized spacial score (nSPS) is 12.9. The van der Waals surface area contributed by atoms with E-state index < -0.39 is 18.2 Å². The van der Waals surface area contributed by atoms with E-state index in [0.29, 0.717) is 12.2 Å². The molecule has 0 radical (unpaired) electrons. The van der Waals surface area contributed by atoms with Crippen LogP contribution in [0.4, 0.5) is 0 Å². The molecule has 0 fully saturated rings. The second-order valence-electron chi connectivity index (χ2n) is 7.26. The van der Waals surface area contributed by atoms with Gasteiger partial charge in [-0.3, -0.25) is 9.59 Å². The van der Waals surface area contributed by atoms with Gasteiger partial charge in [-0.05, 0) is 44.2 Å². The smallest absolute Gasteiger partial charge is 0.313 e. The second-order valence-corrected chi connectivity index (χ2v) is 7.26. The molecule has 1 aromatic carbocycles. The summed E-state index contributed by atoms with van der Waals surface area (Å²) in [6, 6.07) is 5.71. The topological polar surface area (TPSA) is 82.1 Å². The van der Waals surface area contributed by atoms with Gasteiger partial charge in [-0.15, -0.1) is 0 Å². The summed E-state index contributed by atoms with van der Waals surface area (Å²) in [6.45, 7) is 5.44. The van der Waals surface area contributed by atoms with Crippen molar-refractivity contribution in [1.82, 2.24) is 0 Å². The Labute approximate surface area is 174 Å². The Morgan fingerprint density at radius 1 is 1.10 bits per heavy atom. The average molecular weight is 409 g/mol. The standard InChI is InChI=1S/C23H36O6/c1-5-6-15-21(28-18(3)25)29-20-14-11-13-19(12-9-7-8-10-16-24)22(20)17(2)23(26)27-4/h11,13-14,17,21,24H,5-10,12,15-16H2,1-4H3. The number of aryl methyl sites for hydroxylation is 1. The lowest BCUT2D eigenvalue weighted by molar-refractivity contribution is -0.162. The maximum atomic E-state index is 12.3. The van der Waals surface area contributed by atoms with Crippen LogP contribution in [0.5, 0.6) is 5.75 Å². The van der Waals surface area contributed by atoms with Crippen molar-refractivity contribution in [2.75, 3.05) is 13.7 Å². The van der Waals surface area contributed by atoms with Crippen LogP contribution >= 0.6 is 0 Å². The van der Waals surface area contributed by atoms with E-state index in [1.165, 1.54) is 14.0 Å². The number of unbranched alkanes of at least 4 members (excludes halogenated alkanes) is 4. The van der Waals surface area contributed by atoms with Crippen LogP contribution in [0, 0.1) is 0 Å². The Morgan fingerprint density at radius 2 is 1.83 bits per heavy atom. The molecule has 2 atom stereocenters. The van der Waals surface area contributed by atoms with Crippen LogP contribution in [0.2, 0.25) is 0 Å². The van der Waals surface area contributed by atoms with E-state index >= 15 is 0 Å². The number of rotatable bonds is 14. The fourth-order valence-corrected chi connectivity index (χ4v) is 3.32. The summed E-state index contributed by atoms with van der Waals surface area (Å²) < 4.78 is 16.4. The van der Waals surface area contributed by atoms with Gasteiger partial charge in [-0.25, -0.2) is 0 Å². The summed E-state index contributed by atoms with van der Waals surface area (Å²) in [5, 5.41) is 8.93. The predicted octanol–water partition coefficient (Wildman–Crippen LogP) is 4.52. The van der Waals surface area contributed by atoms with Gasteiger partial charge in [0.05, 0.1) is 13.0 Å². The summed E-state index contributed by atoms with van der Waals surface area (Å²) >= 11 is 0. The van der Waals surface area contributed by atoms with Crippen LogP contribution in [-0.2, 0) is 25.5 Å². The highest BCUT2D eigenvalue weighted by Crippen LogP contribution is 2.33. The first kappa shape index (κ1) is 25.0. The SMILES string of the molecule is CCCCC(OC(C)=O)Oc1cccc(CCCCCCO)c1C(C)C(=O)OC. The molecule has 1 N–H and O–H groups in total. The molecule has 29 heavy (non-hydrogen) atoms. The Balaban J connectivity index is 3.10. The lowest BCUT2D eigenvalue weighted by atomic mass is 9.91. The Morgan fingerprint density at radius 3 is 2.45 bits per heavy atom. The lowest BCUT2D eigenvalue weighted by Gasteiger charge is -2.24. The summed E-state index contributed by atoms with van der Waals surface area (Å²) in [5.74, 6) is -0.667. The molecule has 1 rings (SSSR count). The van der Waals surface area contributed by atoms with Gasteiger partial charge in [0.15, 0.2) is 0 Å². The molecule has 0 aliphatic rings. The van der Waals surface area contributed by atoms with Gasteiger partial charge < -0.3 is 19.3 Å². The number of esters is 2. The van der Waals surface area contributed by atoms with Gasteiger partial charge in [0.2, 0.25) is 6.29 Å². The van der Waals surface area contributed by atoms with Crippen LogP contribution in [0.25, 0.3) is 0 Å². The van der Waals surface area contributed by atoms with Gasteiger partial charge in [0.25, 0.3) is 0 Å². The van der Waals surface area contributed by atoms with Crippen molar-refractivity contribution >= 4 is 11.9 Å². The van der Waals surface area contributed by atoms with Crippen LogP contribution < -0.4 is 4.74 Å². The number of carbonyl (C=O) groups is 2. The number of benzene rings is 1. The molecule has 0 spiro atoms. The van der Waals surface area contributed by atoms with Crippen molar-refractivity contribution in [3.8, 4) is 5.75 Å². The zero-order valence-corrected chi connectivity index (χ0v) is 18.2. The van der Waals surface area contributed by atoms with Crippen LogP contribution in [0.3, 0.4) is 0 Å². The number of hydrogen-bond donors (Lipinski definition) is 1. The van der Waals surface area contributed by atoms with E-state index in [4.69, 9.17) is 19.3 Å². The van der Waals surface area contributed by atoms with Gasteiger partial charge in [-0.2, -0.15) is 0 Å². The summed E-state index contributed by atoms with van der Waals surface area (Å²) in [7, 11) is 1.37. The number of carbonyl (C=O) groups excluding carboxylic acids is 2. The molecular formula is C23H36O6. The summed E-state index contributed by atoms with van der Waals surface area (Å²) in [6.07, 6.45) is 6.26. The lowest BCUT2D eigenvalue weighted by Crippen LogP contribution is -2.24. The van der Waals surface area contributed by atoms with Gasteiger partial charge >= 0.3 is 11.9 Å². The summed E-state index contributed by atoms with van der Waals surface area (Å²) in [5.41, 5.74) is 1.82.